The molecule has 6 nitrogen and oxygen atoms in total. The van der Waals surface area contributed by atoms with Gasteiger partial charge in [-0.3, -0.25) is 4.79 Å². The molecule has 110 valence electrons. The molecule has 0 aromatic carbocycles. The first-order valence-corrected chi connectivity index (χ1v) is 8.40. The van der Waals surface area contributed by atoms with E-state index in [2.05, 4.69) is 0 Å². The number of sulfonamides is 1. The van der Waals surface area contributed by atoms with Gasteiger partial charge in [0, 0.05) is 7.05 Å². The van der Waals surface area contributed by atoms with Gasteiger partial charge in [-0.2, -0.15) is 0 Å². The molecule has 0 fully saturated rings. The fourth-order valence-electron chi connectivity index (χ4n) is 1.86. The minimum atomic E-state index is -3.62. The molecule has 1 unspecified atom stereocenters. The summed E-state index contributed by atoms with van der Waals surface area (Å²) in [6.07, 6.45) is 0. The van der Waals surface area contributed by atoms with Gasteiger partial charge in [-0.25, -0.2) is 12.7 Å². The minimum absolute atomic E-state index is 0.159. The van der Waals surface area contributed by atoms with Crippen molar-refractivity contribution in [3.63, 3.8) is 0 Å². The van der Waals surface area contributed by atoms with Crippen LogP contribution in [0.25, 0.3) is 0 Å². The van der Waals surface area contributed by atoms with Crippen molar-refractivity contribution >= 4 is 27.1 Å². The molecular weight excluding hydrogens is 302 g/mol. The maximum atomic E-state index is 12.2. The molecule has 20 heavy (non-hydrogen) atoms. The van der Waals surface area contributed by atoms with Crippen LogP contribution in [-0.4, -0.2) is 36.4 Å². The molecule has 1 atom stereocenters. The van der Waals surface area contributed by atoms with Gasteiger partial charge in [0.2, 0.25) is 21.4 Å². The molecule has 1 aromatic heterocycles. The van der Waals surface area contributed by atoms with Gasteiger partial charge in [0.25, 0.3) is 11.7 Å². The highest BCUT2D eigenvalue weighted by atomic mass is 32.2. The molecule has 0 spiro atoms. The second-order valence-electron chi connectivity index (χ2n) is 4.46. The molecule has 1 aliphatic rings. The lowest BCUT2D eigenvalue weighted by molar-refractivity contribution is -0.131. The van der Waals surface area contributed by atoms with Gasteiger partial charge in [0.15, 0.2) is 0 Å². The average molecular weight is 317 g/mol. The Labute approximate surface area is 121 Å². The Morgan fingerprint density at radius 1 is 1.50 bits per heavy atom. The van der Waals surface area contributed by atoms with Crippen molar-refractivity contribution in [2.75, 3.05) is 12.8 Å². The fourth-order valence-corrected chi connectivity index (χ4v) is 3.44. The molecule has 2 rings (SSSR count). The van der Waals surface area contributed by atoms with Crippen molar-refractivity contribution in [3.05, 3.63) is 34.0 Å². The third kappa shape index (κ3) is 2.08. The van der Waals surface area contributed by atoms with Crippen LogP contribution in [0, 0.1) is 0 Å². The summed E-state index contributed by atoms with van der Waals surface area (Å²) in [5.74, 6) is -1.80. The van der Waals surface area contributed by atoms with Crippen LogP contribution in [-0.2, 0) is 25.2 Å². The lowest BCUT2D eigenvalue weighted by Crippen LogP contribution is -2.32. The predicted octanol–water partition coefficient (Wildman–Crippen LogP) is 1.57. The van der Waals surface area contributed by atoms with E-state index >= 15 is 0 Å². The van der Waals surface area contributed by atoms with E-state index in [0.29, 0.717) is 4.88 Å². The number of carbonyl (C=O) groups is 1. The van der Waals surface area contributed by atoms with Crippen LogP contribution in [0.2, 0.25) is 0 Å². The molecular formula is C12H15NO5S2. The Morgan fingerprint density at radius 2 is 2.15 bits per heavy atom. The summed E-state index contributed by atoms with van der Waals surface area (Å²) in [6.45, 7) is 2.98. The zero-order valence-corrected chi connectivity index (χ0v) is 12.9. The molecule has 0 amide bonds. The van der Waals surface area contributed by atoms with E-state index in [-0.39, 0.29) is 11.6 Å². The lowest BCUT2D eigenvalue weighted by atomic mass is 9.99. The van der Waals surface area contributed by atoms with Gasteiger partial charge in [0.05, 0.1) is 10.6 Å². The average Bonchev–Trinajstić information content (AvgIpc) is 3.02. The van der Waals surface area contributed by atoms with Crippen molar-refractivity contribution in [2.24, 2.45) is 0 Å². The number of aliphatic hydroxyl groups is 1. The zero-order valence-electron chi connectivity index (χ0n) is 11.3. The third-order valence-electron chi connectivity index (χ3n) is 3.21. The van der Waals surface area contributed by atoms with Crippen molar-refractivity contribution in [1.82, 2.24) is 4.31 Å². The number of Topliss-reactive ketones (excluding diaryl/α,β-unsaturated/α-hetero) is 1. The van der Waals surface area contributed by atoms with Crippen LogP contribution < -0.4 is 0 Å². The molecule has 0 radical (unpaired) electrons. The first kappa shape index (κ1) is 14.9. The van der Waals surface area contributed by atoms with E-state index in [1.165, 1.54) is 32.2 Å². The Balaban J connectivity index is 2.42. The second-order valence-corrected chi connectivity index (χ2v) is 7.70. The van der Waals surface area contributed by atoms with Crippen LogP contribution in [0.15, 0.2) is 29.2 Å². The van der Waals surface area contributed by atoms with Gasteiger partial charge in [-0.05, 0) is 25.3 Å². The molecule has 0 saturated heterocycles. The molecule has 0 bridgehead atoms. The summed E-state index contributed by atoms with van der Waals surface area (Å²) >= 11 is 1.30. The van der Waals surface area contributed by atoms with E-state index in [0.717, 1.165) is 4.31 Å². The molecule has 2 heterocycles. The lowest BCUT2D eigenvalue weighted by Gasteiger charge is -2.25. The zero-order chi connectivity index (χ0) is 15.1. The second kappa shape index (κ2) is 4.78. The Bertz CT molecular complexity index is 662. The minimum Gasteiger partial charge on any atom is -0.501 e. The third-order valence-corrected chi connectivity index (χ3v) is 6.01. The van der Waals surface area contributed by atoms with Gasteiger partial charge in [-0.15, -0.1) is 11.3 Å². The summed E-state index contributed by atoms with van der Waals surface area (Å²) in [5.41, 5.74) is -1.38. The molecule has 1 aliphatic heterocycles. The van der Waals surface area contributed by atoms with Crippen LogP contribution in [0.4, 0.5) is 0 Å². The van der Waals surface area contributed by atoms with E-state index in [1.807, 2.05) is 0 Å². The molecule has 1 aromatic rings. The molecule has 0 saturated carbocycles. The quantitative estimate of drug-likeness (QED) is 0.911. The predicted molar refractivity (Wildman–Crippen MR) is 74.6 cm³/mol. The number of aliphatic hydroxyl groups excluding tert-OH is 1. The van der Waals surface area contributed by atoms with Crippen LogP contribution >= 0.6 is 11.3 Å². The number of hydrogen-bond acceptors (Lipinski definition) is 6. The maximum Gasteiger partial charge on any atom is 0.251 e. The number of ketones is 1. The van der Waals surface area contributed by atoms with Gasteiger partial charge < -0.3 is 9.84 Å². The summed E-state index contributed by atoms with van der Waals surface area (Å²) in [5, 5.41) is 11.7. The van der Waals surface area contributed by atoms with Crippen LogP contribution in [0.1, 0.15) is 18.7 Å². The van der Waals surface area contributed by atoms with E-state index in [4.69, 9.17) is 4.74 Å². The number of rotatable bonds is 4. The van der Waals surface area contributed by atoms with Gasteiger partial charge >= 0.3 is 0 Å². The number of ether oxygens (including phenoxy) is 1. The van der Waals surface area contributed by atoms with E-state index in [1.54, 1.807) is 17.5 Å². The Kier molecular flexibility index (Phi) is 3.55. The highest BCUT2D eigenvalue weighted by Crippen LogP contribution is 2.41. The first-order chi connectivity index (χ1) is 9.24. The highest BCUT2D eigenvalue weighted by Gasteiger charge is 2.50. The smallest absolute Gasteiger partial charge is 0.251 e. The standard InChI is InChI=1S/C12H15NO5S2/c1-4-20(16,17)13(3)11-9(14)10(15)12(2,18-11)8-6-5-7-19-8/h5-7,14H,4H2,1-3H3. The Morgan fingerprint density at radius 3 is 2.65 bits per heavy atom. The SMILES string of the molecule is CCS(=O)(=O)N(C)C1=C(O)C(=O)C(C)(c2cccs2)O1. The number of hydrogen-bond donors (Lipinski definition) is 1. The van der Waals surface area contributed by atoms with Crippen molar-refractivity contribution < 1.29 is 23.1 Å². The molecule has 1 N–H and O–H groups in total. The van der Waals surface area contributed by atoms with Crippen molar-refractivity contribution in [1.29, 1.82) is 0 Å². The summed E-state index contributed by atoms with van der Waals surface area (Å²) in [6, 6.07) is 3.45. The van der Waals surface area contributed by atoms with Gasteiger partial charge in [-0.1, -0.05) is 6.07 Å². The largest absolute Gasteiger partial charge is 0.501 e. The highest BCUT2D eigenvalue weighted by molar-refractivity contribution is 7.89. The fraction of sp³-hybridized carbons (Fsp3) is 0.417. The van der Waals surface area contributed by atoms with Crippen LogP contribution in [0.3, 0.4) is 0 Å². The summed E-state index contributed by atoms with van der Waals surface area (Å²) in [7, 11) is -2.37. The molecule has 8 heteroatoms. The number of nitrogens with zero attached hydrogens (tertiary/aromatic N) is 1. The summed E-state index contributed by atoms with van der Waals surface area (Å²) < 4.78 is 30.0. The number of thiophene rings is 1. The van der Waals surface area contributed by atoms with Gasteiger partial charge in [0.1, 0.15) is 0 Å². The monoisotopic (exact) mass is 317 g/mol. The number of carbonyl (C=O) groups excluding carboxylic acids is 1. The first-order valence-electron chi connectivity index (χ1n) is 5.91. The van der Waals surface area contributed by atoms with E-state index in [9.17, 15) is 18.3 Å². The maximum absolute atomic E-state index is 12.2. The summed E-state index contributed by atoms with van der Waals surface area (Å²) in [4.78, 5) is 12.8. The molecule has 0 aliphatic carbocycles. The van der Waals surface area contributed by atoms with Crippen LogP contribution in [0.5, 0.6) is 0 Å². The normalized spacial score (nSPS) is 23.1. The van der Waals surface area contributed by atoms with Crippen molar-refractivity contribution in [3.8, 4) is 0 Å². The topological polar surface area (TPSA) is 83.9 Å². The Hall–Kier alpha value is -1.54. The van der Waals surface area contributed by atoms with E-state index < -0.39 is 27.2 Å². The van der Waals surface area contributed by atoms with Crippen molar-refractivity contribution in [2.45, 2.75) is 19.4 Å².